The summed E-state index contributed by atoms with van der Waals surface area (Å²) in [5, 5.41) is 13.8. The fourth-order valence-electron chi connectivity index (χ4n) is 3.37. The Morgan fingerprint density at radius 3 is 2.40 bits per heavy atom. The molecule has 0 aromatic heterocycles. The van der Waals surface area contributed by atoms with Crippen LogP contribution >= 0.6 is 24.0 Å². The summed E-state index contributed by atoms with van der Waals surface area (Å²) in [5.41, 5.74) is 0.857. The minimum Gasteiger partial charge on any atom is -0.497 e. The van der Waals surface area contributed by atoms with Crippen LogP contribution in [0.3, 0.4) is 0 Å². The Kier molecular flexibility index (Phi) is 9.56. The lowest BCUT2D eigenvalue weighted by atomic mass is 9.92. The van der Waals surface area contributed by atoms with E-state index in [-0.39, 0.29) is 24.0 Å². The molecule has 1 aromatic rings. The van der Waals surface area contributed by atoms with Crippen LogP contribution in [0.25, 0.3) is 0 Å². The topological polar surface area (TPSA) is 57.1 Å². The molecule has 1 heterocycles. The van der Waals surface area contributed by atoms with E-state index >= 15 is 0 Å². The minimum atomic E-state index is -0.607. The highest BCUT2D eigenvalue weighted by Gasteiger charge is 2.24. The van der Waals surface area contributed by atoms with Crippen molar-refractivity contribution >= 4 is 29.9 Å². The number of halogens is 1. The quantitative estimate of drug-likeness (QED) is 0.402. The number of aliphatic imine (C=N–C) groups is 1. The zero-order chi connectivity index (χ0) is 17.5. The molecule has 0 saturated carbocycles. The maximum atomic E-state index is 10.4. The predicted octanol–water partition coefficient (Wildman–Crippen LogP) is 3.29. The molecule has 0 bridgehead atoms. The number of likely N-dealkylation sites (tertiary alicyclic amines) is 1. The van der Waals surface area contributed by atoms with Gasteiger partial charge in [0.1, 0.15) is 5.75 Å². The molecule has 1 saturated heterocycles. The van der Waals surface area contributed by atoms with Crippen molar-refractivity contribution in [2.24, 2.45) is 16.8 Å². The zero-order valence-corrected chi connectivity index (χ0v) is 18.1. The second-order valence-corrected chi connectivity index (χ2v) is 6.83. The van der Waals surface area contributed by atoms with Crippen LogP contribution < -0.4 is 10.1 Å². The van der Waals surface area contributed by atoms with Crippen LogP contribution in [0, 0.1) is 11.8 Å². The van der Waals surface area contributed by atoms with Gasteiger partial charge in [-0.3, -0.25) is 4.99 Å². The van der Waals surface area contributed by atoms with Crippen molar-refractivity contribution in [2.45, 2.75) is 33.3 Å². The normalized spacial score (nSPS) is 22.1. The van der Waals surface area contributed by atoms with Crippen LogP contribution in [0.4, 0.5) is 0 Å². The van der Waals surface area contributed by atoms with E-state index in [2.05, 4.69) is 36.0 Å². The number of nitrogens with zero attached hydrogens (tertiary/aromatic N) is 2. The molecule has 142 valence electrons. The number of aliphatic hydroxyl groups excluding tert-OH is 1. The maximum Gasteiger partial charge on any atom is 0.194 e. The summed E-state index contributed by atoms with van der Waals surface area (Å²) in [6.07, 6.45) is 0.661. The number of guanidine groups is 1. The Morgan fingerprint density at radius 1 is 1.28 bits per heavy atom. The number of piperidine rings is 1. The molecular formula is C19H32IN3O2. The Hall–Kier alpha value is -1.02. The number of rotatable bonds is 5. The highest BCUT2D eigenvalue weighted by atomic mass is 127. The highest BCUT2D eigenvalue weighted by molar-refractivity contribution is 14.0. The standard InChI is InChI=1S/C19H31N3O2.HI/c1-5-20-19(22-12-14(2)10-15(3)13-22)21-11-18(23)16-6-8-17(24-4)9-7-16;/h6-9,14-15,18,23H,5,10-13H2,1-4H3,(H,20,21);1H. The summed E-state index contributed by atoms with van der Waals surface area (Å²) in [7, 11) is 1.64. The second kappa shape index (κ2) is 10.9. The Labute approximate surface area is 168 Å². The van der Waals surface area contributed by atoms with Gasteiger partial charge in [-0.15, -0.1) is 24.0 Å². The third-order valence-electron chi connectivity index (χ3n) is 4.42. The summed E-state index contributed by atoms with van der Waals surface area (Å²) in [4.78, 5) is 7.00. The highest BCUT2D eigenvalue weighted by Crippen LogP contribution is 2.21. The fourth-order valence-corrected chi connectivity index (χ4v) is 3.37. The fraction of sp³-hybridized carbons (Fsp3) is 0.632. The Bertz CT molecular complexity index is 526. The van der Waals surface area contributed by atoms with Gasteiger partial charge < -0.3 is 20.1 Å². The van der Waals surface area contributed by atoms with Crippen LogP contribution in [-0.4, -0.2) is 49.3 Å². The number of ether oxygens (including phenoxy) is 1. The lowest BCUT2D eigenvalue weighted by Crippen LogP contribution is -2.48. The number of benzene rings is 1. The molecule has 0 amide bonds. The summed E-state index contributed by atoms with van der Waals surface area (Å²) in [5.74, 6) is 3.04. The number of nitrogens with one attached hydrogen (secondary N) is 1. The first-order valence-corrected chi connectivity index (χ1v) is 8.88. The first-order chi connectivity index (χ1) is 11.5. The first-order valence-electron chi connectivity index (χ1n) is 8.88. The van der Waals surface area contributed by atoms with Gasteiger partial charge in [0.25, 0.3) is 0 Å². The molecule has 0 radical (unpaired) electrons. The molecule has 1 aliphatic heterocycles. The van der Waals surface area contributed by atoms with Gasteiger partial charge in [-0.05, 0) is 42.9 Å². The number of hydrogen-bond acceptors (Lipinski definition) is 3. The summed E-state index contributed by atoms with van der Waals surface area (Å²) in [6.45, 7) is 9.89. The average molecular weight is 461 g/mol. The van der Waals surface area contributed by atoms with Crippen molar-refractivity contribution in [2.75, 3.05) is 33.3 Å². The smallest absolute Gasteiger partial charge is 0.194 e. The molecule has 25 heavy (non-hydrogen) atoms. The third kappa shape index (κ3) is 6.66. The van der Waals surface area contributed by atoms with Crippen LogP contribution in [0.15, 0.2) is 29.3 Å². The van der Waals surface area contributed by atoms with Crippen molar-refractivity contribution in [1.29, 1.82) is 0 Å². The monoisotopic (exact) mass is 461 g/mol. The molecule has 1 fully saturated rings. The molecule has 6 heteroatoms. The van der Waals surface area contributed by atoms with Crippen LogP contribution in [0.5, 0.6) is 5.75 Å². The average Bonchev–Trinajstić information content (AvgIpc) is 2.57. The summed E-state index contributed by atoms with van der Waals surface area (Å²) < 4.78 is 5.15. The molecule has 1 aliphatic rings. The van der Waals surface area contributed by atoms with E-state index < -0.39 is 6.10 Å². The van der Waals surface area contributed by atoms with Crippen molar-refractivity contribution in [3.05, 3.63) is 29.8 Å². The van der Waals surface area contributed by atoms with Gasteiger partial charge in [-0.2, -0.15) is 0 Å². The van der Waals surface area contributed by atoms with Gasteiger partial charge in [-0.25, -0.2) is 0 Å². The van der Waals surface area contributed by atoms with Gasteiger partial charge >= 0.3 is 0 Å². The molecule has 3 unspecified atom stereocenters. The van der Waals surface area contributed by atoms with Crippen molar-refractivity contribution in [3.8, 4) is 5.75 Å². The minimum absolute atomic E-state index is 0. The molecule has 2 N–H and O–H groups in total. The van der Waals surface area contributed by atoms with Crippen molar-refractivity contribution < 1.29 is 9.84 Å². The molecule has 0 spiro atoms. The molecule has 2 rings (SSSR count). The third-order valence-corrected chi connectivity index (χ3v) is 4.42. The first kappa shape index (κ1) is 22.0. The Morgan fingerprint density at radius 2 is 1.88 bits per heavy atom. The maximum absolute atomic E-state index is 10.4. The lowest BCUT2D eigenvalue weighted by molar-refractivity contribution is 0.183. The molecule has 5 nitrogen and oxygen atoms in total. The van der Waals surface area contributed by atoms with E-state index in [1.165, 1.54) is 6.42 Å². The summed E-state index contributed by atoms with van der Waals surface area (Å²) in [6, 6.07) is 7.50. The van der Waals surface area contributed by atoms with Crippen LogP contribution in [0.1, 0.15) is 38.9 Å². The summed E-state index contributed by atoms with van der Waals surface area (Å²) >= 11 is 0. The predicted molar refractivity (Wildman–Crippen MR) is 114 cm³/mol. The van der Waals surface area contributed by atoms with Crippen molar-refractivity contribution in [1.82, 2.24) is 10.2 Å². The van der Waals surface area contributed by atoms with Gasteiger partial charge in [0, 0.05) is 19.6 Å². The van der Waals surface area contributed by atoms with E-state index in [4.69, 9.17) is 4.74 Å². The molecule has 0 aliphatic carbocycles. The van der Waals surface area contributed by atoms with Gasteiger partial charge in [0.2, 0.25) is 0 Å². The van der Waals surface area contributed by atoms with E-state index in [1.54, 1.807) is 7.11 Å². The van der Waals surface area contributed by atoms with E-state index in [0.717, 1.165) is 36.9 Å². The van der Waals surface area contributed by atoms with Crippen molar-refractivity contribution in [3.63, 3.8) is 0 Å². The van der Waals surface area contributed by atoms with Gasteiger partial charge in [-0.1, -0.05) is 26.0 Å². The van der Waals surface area contributed by atoms with Crippen LogP contribution in [0.2, 0.25) is 0 Å². The number of aliphatic hydroxyl groups is 1. The number of hydrogen-bond donors (Lipinski definition) is 2. The SMILES string of the molecule is CCNC(=NCC(O)c1ccc(OC)cc1)N1CC(C)CC(C)C1.I. The largest absolute Gasteiger partial charge is 0.497 e. The number of methoxy groups -OCH3 is 1. The second-order valence-electron chi connectivity index (χ2n) is 6.83. The molecule has 3 atom stereocenters. The van der Waals surface area contributed by atoms with Gasteiger partial charge in [0.05, 0.1) is 19.8 Å². The van der Waals surface area contributed by atoms with Gasteiger partial charge in [0.15, 0.2) is 5.96 Å². The molecule has 1 aromatic carbocycles. The van der Waals surface area contributed by atoms with Crippen LogP contribution in [-0.2, 0) is 0 Å². The van der Waals surface area contributed by atoms with E-state index in [9.17, 15) is 5.11 Å². The Balaban J connectivity index is 0.00000312. The molecular weight excluding hydrogens is 429 g/mol. The van der Waals surface area contributed by atoms with E-state index in [1.807, 2.05) is 24.3 Å². The van der Waals surface area contributed by atoms with E-state index in [0.29, 0.717) is 18.4 Å². The lowest BCUT2D eigenvalue weighted by Gasteiger charge is -2.37. The zero-order valence-electron chi connectivity index (χ0n) is 15.7.